The van der Waals surface area contributed by atoms with E-state index in [9.17, 15) is 4.79 Å². The number of amides is 1. The number of benzene rings is 2. The number of fused-ring (bicyclic) bond motifs is 1. The zero-order valence-electron chi connectivity index (χ0n) is 12.1. The van der Waals surface area contributed by atoms with Crippen LogP contribution in [0.2, 0.25) is 0 Å². The molecule has 0 aliphatic carbocycles. The first-order chi connectivity index (χ1) is 9.74. The fourth-order valence-corrected chi connectivity index (χ4v) is 2.33. The van der Waals surface area contributed by atoms with Gasteiger partial charge >= 0.3 is 0 Å². The standard InChI is InChI=1S/C17H22N2O/c1-3-14(4-2)19-17(20)12-18-16-11-7-9-13-8-5-6-10-15(13)16/h5-11,14,18H,3-4,12H2,1-2H3,(H,19,20). The Morgan fingerprint density at radius 1 is 1.05 bits per heavy atom. The molecule has 0 saturated heterocycles. The van der Waals surface area contributed by atoms with Gasteiger partial charge in [-0.2, -0.15) is 0 Å². The minimum atomic E-state index is 0.0478. The largest absolute Gasteiger partial charge is 0.376 e. The summed E-state index contributed by atoms with van der Waals surface area (Å²) in [5.41, 5.74) is 1.00. The van der Waals surface area contributed by atoms with Crippen LogP contribution in [-0.2, 0) is 4.79 Å². The molecule has 0 bridgehead atoms. The lowest BCUT2D eigenvalue weighted by molar-refractivity contribution is -0.120. The van der Waals surface area contributed by atoms with Crippen molar-refractivity contribution >= 4 is 22.4 Å². The molecule has 2 aromatic carbocycles. The molecular formula is C17H22N2O. The Morgan fingerprint density at radius 2 is 1.75 bits per heavy atom. The Labute approximate surface area is 120 Å². The molecule has 0 radical (unpaired) electrons. The highest BCUT2D eigenvalue weighted by atomic mass is 16.1. The lowest BCUT2D eigenvalue weighted by Gasteiger charge is -2.15. The number of hydrogen-bond donors (Lipinski definition) is 2. The van der Waals surface area contributed by atoms with Gasteiger partial charge in [-0.1, -0.05) is 50.2 Å². The average Bonchev–Trinajstić information content (AvgIpc) is 2.50. The molecular weight excluding hydrogens is 248 g/mol. The minimum absolute atomic E-state index is 0.0478. The third kappa shape index (κ3) is 3.50. The lowest BCUT2D eigenvalue weighted by Crippen LogP contribution is -2.37. The quantitative estimate of drug-likeness (QED) is 0.842. The number of carbonyl (C=O) groups excluding carboxylic acids is 1. The summed E-state index contributed by atoms with van der Waals surface area (Å²) in [6.45, 7) is 4.49. The van der Waals surface area contributed by atoms with Crippen LogP contribution in [-0.4, -0.2) is 18.5 Å². The number of carbonyl (C=O) groups is 1. The van der Waals surface area contributed by atoms with E-state index in [4.69, 9.17) is 0 Å². The van der Waals surface area contributed by atoms with E-state index in [0.29, 0.717) is 6.54 Å². The molecule has 20 heavy (non-hydrogen) atoms. The van der Waals surface area contributed by atoms with Gasteiger partial charge in [-0.3, -0.25) is 4.79 Å². The van der Waals surface area contributed by atoms with Gasteiger partial charge in [0.25, 0.3) is 0 Å². The van der Waals surface area contributed by atoms with Crippen LogP contribution in [0.4, 0.5) is 5.69 Å². The van der Waals surface area contributed by atoms with Crippen LogP contribution in [0.3, 0.4) is 0 Å². The van der Waals surface area contributed by atoms with Crippen molar-refractivity contribution in [1.29, 1.82) is 0 Å². The van der Waals surface area contributed by atoms with Gasteiger partial charge in [0, 0.05) is 17.1 Å². The van der Waals surface area contributed by atoms with E-state index in [0.717, 1.165) is 23.9 Å². The highest BCUT2D eigenvalue weighted by Gasteiger charge is 2.08. The van der Waals surface area contributed by atoms with Gasteiger partial charge < -0.3 is 10.6 Å². The number of anilines is 1. The molecule has 0 aliphatic rings. The molecule has 0 unspecified atom stereocenters. The topological polar surface area (TPSA) is 41.1 Å². The fraction of sp³-hybridized carbons (Fsp3) is 0.353. The van der Waals surface area contributed by atoms with E-state index in [1.165, 1.54) is 5.39 Å². The first kappa shape index (κ1) is 14.4. The molecule has 2 aromatic rings. The molecule has 0 spiro atoms. The Hall–Kier alpha value is -2.03. The molecule has 0 aliphatic heterocycles. The third-order valence-electron chi connectivity index (χ3n) is 3.58. The first-order valence-corrected chi connectivity index (χ1v) is 7.25. The molecule has 0 atom stereocenters. The maximum Gasteiger partial charge on any atom is 0.239 e. The third-order valence-corrected chi connectivity index (χ3v) is 3.58. The van der Waals surface area contributed by atoms with Crippen LogP contribution >= 0.6 is 0 Å². The van der Waals surface area contributed by atoms with Gasteiger partial charge in [-0.05, 0) is 24.3 Å². The average molecular weight is 270 g/mol. The summed E-state index contributed by atoms with van der Waals surface area (Å²) in [5.74, 6) is 0.0478. The van der Waals surface area contributed by atoms with Crippen molar-refractivity contribution in [1.82, 2.24) is 5.32 Å². The number of rotatable bonds is 6. The summed E-state index contributed by atoms with van der Waals surface area (Å²) in [6, 6.07) is 14.5. The van der Waals surface area contributed by atoms with Crippen molar-refractivity contribution in [3.8, 4) is 0 Å². The van der Waals surface area contributed by atoms with Gasteiger partial charge in [0.05, 0.1) is 6.54 Å². The second kappa shape index (κ2) is 6.94. The van der Waals surface area contributed by atoms with Crippen molar-refractivity contribution in [2.45, 2.75) is 32.7 Å². The van der Waals surface area contributed by atoms with Crippen LogP contribution in [0, 0.1) is 0 Å². The second-order valence-corrected chi connectivity index (χ2v) is 4.96. The van der Waals surface area contributed by atoms with Crippen LogP contribution in [0.5, 0.6) is 0 Å². The SMILES string of the molecule is CCC(CC)NC(=O)CNc1cccc2ccccc12. The zero-order chi connectivity index (χ0) is 14.4. The predicted molar refractivity (Wildman–Crippen MR) is 85.0 cm³/mol. The summed E-state index contributed by atoms with van der Waals surface area (Å²) in [5, 5.41) is 8.58. The molecule has 2 rings (SSSR count). The van der Waals surface area contributed by atoms with Gasteiger partial charge in [-0.25, -0.2) is 0 Å². The molecule has 0 fully saturated rings. The summed E-state index contributed by atoms with van der Waals surface area (Å²) < 4.78 is 0. The maximum atomic E-state index is 11.9. The van der Waals surface area contributed by atoms with Crippen molar-refractivity contribution in [2.24, 2.45) is 0 Å². The van der Waals surface area contributed by atoms with E-state index in [1.807, 2.05) is 24.3 Å². The first-order valence-electron chi connectivity index (χ1n) is 7.25. The monoisotopic (exact) mass is 270 g/mol. The van der Waals surface area contributed by atoms with E-state index in [2.05, 4.69) is 42.7 Å². The Morgan fingerprint density at radius 3 is 2.50 bits per heavy atom. The van der Waals surface area contributed by atoms with E-state index >= 15 is 0 Å². The van der Waals surface area contributed by atoms with Crippen LogP contribution in [0.15, 0.2) is 42.5 Å². The fourth-order valence-electron chi connectivity index (χ4n) is 2.33. The molecule has 1 amide bonds. The summed E-state index contributed by atoms with van der Waals surface area (Å²) >= 11 is 0. The van der Waals surface area contributed by atoms with Crippen LogP contribution in [0.25, 0.3) is 10.8 Å². The highest BCUT2D eigenvalue weighted by Crippen LogP contribution is 2.22. The summed E-state index contributed by atoms with van der Waals surface area (Å²) in [6.07, 6.45) is 1.94. The molecule has 0 saturated carbocycles. The zero-order valence-corrected chi connectivity index (χ0v) is 12.1. The smallest absolute Gasteiger partial charge is 0.239 e. The minimum Gasteiger partial charge on any atom is -0.376 e. The van der Waals surface area contributed by atoms with E-state index < -0.39 is 0 Å². The molecule has 3 nitrogen and oxygen atoms in total. The summed E-state index contributed by atoms with van der Waals surface area (Å²) in [7, 11) is 0. The lowest BCUT2D eigenvalue weighted by atomic mass is 10.1. The molecule has 2 N–H and O–H groups in total. The van der Waals surface area contributed by atoms with Gasteiger partial charge in [0.2, 0.25) is 5.91 Å². The van der Waals surface area contributed by atoms with Gasteiger partial charge in [-0.15, -0.1) is 0 Å². The van der Waals surface area contributed by atoms with Crippen LogP contribution < -0.4 is 10.6 Å². The van der Waals surface area contributed by atoms with Gasteiger partial charge in [0.15, 0.2) is 0 Å². The van der Waals surface area contributed by atoms with Crippen molar-refractivity contribution in [3.05, 3.63) is 42.5 Å². The van der Waals surface area contributed by atoms with Crippen molar-refractivity contribution < 1.29 is 4.79 Å². The van der Waals surface area contributed by atoms with Crippen LogP contribution in [0.1, 0.15) is 26.7 Å². The summed E-state index contributed by atoms with van der Waals surface area (Å²) in [4.78, 5) is 11.9. The maximum absolute atomic E-state index is 11.9. The molecule has 106 valence electrons. The Balaban J connectivity index is 2.01. The molecule has 0 heterocycles. The Bertz CT molecular complexity index is 571. The van der Waals surface area contributed by atoms with Gasteiger partial charge in [0.1, 0.15) is 0 Å². The number of hydrogen-bond acceptors (Lipinski definition) is 2. The number of nitrogens with one attached hydrogen (secondary N) is 2. The second-order valence-electron chi connectivity index (χ2n) is 4.96. The van der Waals surface area contributed by atoms with E-state index in [1.54, 1.807) is 0 Å². The highest BCUT2D eigenvalue weighted by molar-refractivity contribution is 5.95. The van der Waals surface area contributed by atoms with E-state index in [-0.39, 0.29) is 11.9 Å². The van der Waals surface area contributed by atoms with Crippen molar-refractivity contribution in [2.75, 3.05) is 11.9 Å². The molecule has 3 heteroatoms. The Kier molecular flexibility index (Phi) is 4.99. The molecule has 0 aromatic heterocycles. The predicted octanol–water partition coefficient (Wildman–Crippen LogP) is 3.56. The normalized spacial score (nSPS) is 10.8. The van der Waals surface area contributed by atoms with Crippen molar-refractivity contribution in [3.63, 3.8) is 0 Å².